The molecule has 2 rings (SSSR count). The van der Waals surface area contributed by atoms with E-state index >= 15 is 0 Å². The highest BCUT2D eigenvalue weighted by atomic mass is 79.9. The number of rotatable bonds is 4. The van der Waals surface area contributed by atoms with Crippen molar-refractivity contribution in [2.75, 3.05) is 12.4 Å². The van der Waals surface area contributed by atoms with E-state index in [1.807, 2.05) is 36.5 Å². The molecule has 16 heavy (non-hydrogen) atoms. The molecule has 1 aromatic carbocycles. The number of aromatic amines is 1. The molecule has 2 N–H and O–H groups in total. The lowest BCUT2D eigenvalue weighted by atomic mass is 10.3. The van der Waals surface area contributed by atoms with Crippen molar-refractivity contribution in [3.8, 4) is 5.75 Å². The van der Waals surface area contributed by atoms with Gasteiger partial charge in [0.2, 0.25) is 0 Å². The molecule has 0 fully saturated rings. The molecule has 0 unspecified atom stereocenters. The number of halogens is 1. The predicted molar refractivity (Wildman–Crippen MR) is 68.8 cm³/mol. The van der Waals surface area contributed by atoms with Crippen molar-refractivity contribution in [2.24, 2.45) is 0 Å². The van der Waals surface area contributed by atoms with Gasteiger partial charge in [-0.3, -0.25) is 0 Å². The Hall–Kier alpha value is -1.42. The van der Waals surface area contributed by atoms with E-state index in [2.05, 4.69) is 26.2 Å². The third-order valence-electron chi connectivity index (χ3n) is 2.31. The number of ether oxygens (including phenoxy) is 1. The van der Waals surface area contributed by atoms with Gasteiger partial charge < -0.3 is 15.0 Å². The molecule has 1 heterocycles. The van der Waals surface area contributed by atoms with Crippen LogP contribution in [0.2, 0.25) is 0 Å². The van der Waals surface area contributed by atoms with Gasteiger partial charge in [0.25, 0.3) is 0 Å². The van der Waals surface area contributed by atoms with Crippen molar-refractivity contribution in [3.63, 3.8) is 0 Å². The van der Waals surface area contributed by atoms with Crippen LogP contribution < -0.4 is 10.1 Å². The summed E-state index contributed by atoms with van der Waals surface area (Å²) in [7, 11) is 1.66. The number of aromatic nitrogens is 1. The minimum Gasteiger partial charge on any atom is -0.497 e. The van der Waals surface area contributed by atoms with Crippen LogP contribution in [-0.2, 0) is 6.54 Å². The lowest BCUT2D eigenvalue weighted by Crippen LogP contribution is -2.00. The topological polar surface area (TPSA) is 37.0 Å². The summed E-state index contributed by atoms with van der Waals surface area (Å²) in [4.78, 5) is 3.15. The van der Waals surface area contributed by atoms with Gasteiger partial charge in [-0.15, -0.1) is 0 Å². The molecule has 0 aliphatic carbocycles. The Morgan fingerprint density at radius 3 is 2.94 bits per heavy atom. The lowest BCUT2D eigenvalue weighted by molar-refractivity contribution is 0.415. The third-order valence-corrected chi connectivity index (χ3v) is 3.00. The van der Waals surface area contributed by atoms with Crippen molar-refractivity contribution in [1.29, 1.82) is 0 Å². The van der Waals surface area contributed by atoms with Gasteiger partial charge in [-0.05, 0) is 40.2 Å². The Balaban J connectivity index is 2.08. The Kier molecular flexibility index (Phi) is 3.51. The molecule has 0 saturated carbocycles. The SMILES string of the molecule is COc1ccc(Br)c(NCc2ccc[nH]2)c1. The molecule has 4 heteroatoms. The van der Waals surface area contributed by atoms with Gasteiger partial charge in [0.1, 0.15) is 5.75 Å². The molecule has 0 aliphatic heterocycles. The molecule has 1 aromatic heterocycles. The van der Waals surface area contributed by atoms with E-state index in [-0.39, 0.29) is 0 Å². The quantitative estimate of drug-likeness (QED) is 0.901. The van der Waals surface area contributed by atoms with Crippen LogP contribution in [0, 0.1) is 0 Å². The highest BCUT2D eigenvalue weighted by Crippen LogP contribution is 2.27. The molecule has 0 spiro atoms. The minimum absolute atomic E-state index is 0.763. The zero-order valence-electron chi connectivity index (χ0n) is 8.96. The fourth-order valence-corrected chi connectivity index (χ4v) is 1.82. The first kappa shape index (κ1) is 11.1. The van der Waals surface area contributed by atoms with Crippen LogP contribution in [-0.4, -0.2) is 12.1 Å². The van der Waals surface area contributed by atoms with Crippen molar-refractivity contribution in [1.82, 2.24) is 4.98 Å². The van der Waals surface area contributed by atoms with E-state index in [9.17, 15) is 0 Å². The number of nitrogens with one attached hydrogen (secondary N) is 2. The zero-order chi connectivity index (χ0) is 11.4. The maximum absolute atomic E-state index is 5.18. The number of benzene rings is 1. The second kappa shape index (κ2) is 5.07. The Morgan fingerprint density at radius 2 is 2.25 bits per heavy atom. The highest BCUT2D eigenvalue weighted by Gasteiger charge is 2.01. The average Bonchev–Trinajstić information content (AvgIpc) is 2.81. The second-order valence-electron chi connectivity index (χ2n) is 3.39. The summed E-state index contributed by atoms with van der Waals surface area (Å²) in [6, 6.07) is 9.88. The summed E-state index contributed by atoms with van der Waals surface area (Å²) in [5.41, 5.74) is 2.17. The molecule has 0 amide bonds. The van der Waals surface area contributed by atoms with Crippen LogP contribution in [0.4, 0.5) is 5.69 Å². The molecule has 84 valence electrons. The maximum Gasteiger partial charge on any atom is 0.121 e. The van der Waals surface area contributed by atoms with E-state index in [1.165, 1.54) is 0 Å². The van der Waals surface area contributed by atoms with E-state index in [4.69, 9.17) is 4.74 Å². The number of hydrogen-bond donors (Lipinski definition) is 2. The number of anilines is 1. The minimum atomic E-state index is 0.763. The normalized spacial score (nSPS) is 10.1. The van der Waals surface area contributed by atoms with Crippen LogP contribution >= 0.6 is 15.9 Å². The van der Waals surface area contributed by atoms with E-state index in [0.29, 0.717) is 0 Å². The second-order valence-corrected chi connectivity index (χ2v) is 4.25. The van der Waals surface area contributed by atoms with Gasteiger partial charge in [-0.2, -0.15) is 0 Å². The van der Waals surface area contributed by atoms with Crippen molar-refractivity contribution < 1.29 is 4.74 Å². The summed E-state index contributed by atoms with van der Waals surface area (Å²) in [6.45, 7) is 0.763. The van der Waals surface area contributed by atoms with Gasteiger partial charge in [0.05, 0.1) is 19.3 Å². The maximum atomic E-state index is 5.18. The third kappa shape index (κ3) is 2.58. The molecule has 0 aliphatic rings. The van der Waals surface area contributed by atoms with Crippen LogP contribution in [0.25, 0.3) is 0 Å². The van der Waals surface area contributed by atoms with E-state index in [1.54, 1.807) is 7.11 Å². The first-order valence-corrected chi connectivity index (χ1v) is 5.78. The Morgan fingerprint density at radius 1 is 1.38 bits per heavy atom. The zero-order valence-corrected chi connectivity index (χ0v) is 10.5. The Bertz CT molecular complexity index is 454. The summed E-state index contributed by atoms with van der Waals surface area (Å²) >= 11 is 3.50. The molecular weight excluding hydrogens is 268 g/mol. The Labute approximate surface area is 103 Å². The molecule has 2 aromatic rings. The molecule has 3 nitrogen and oxygen atoms in total. The summed E-state index contributed by atoms with van der Waals surface area (Å²) < 4.78 is 6.21. The smallest absolute Gasteiger partial charge is 0.121 e. The number of hydrogen-bond acceptors (Lipinski definition) is 2. The molecule has 0 bridgehead atoms. The van der Waals surface area contributed by atoms with Crippen molar-refractivity contribution in [2.45, 2.75) is 6.54 Å². The summed E-state index contributed by atoms with van der Waals surface area (Å²) in [6.07, 6.45) is 1.91. The van der Waals surface area contributed by atoms with Crippen molar-refractivity contribution >= 4 is 21.6 Å². The van der Waals surface area contributed by atoms with Gasteiger partial charge in [0.15, 0.2) is 0 Å². The van der Waals surface area contributed by atoms with E-state index < -0.39 is 0 Å². The standard InChI is InChI=1S/C12H13BrN2O/c1-16-10-4-5-11(13)12(7-10)15-8-9-3-2-6-14-9/h2-7,14-15H,8H2,1H3. The largest absolute Gasteiger partial charge is 0.497 e. The monoisotopic (exact) mass is 280 g/mol. The number of methoxy groups -OCH3 is 1. The first-order valence-electron chi connectivity index (χ1n) is 4.99. The van der Waals surface area contributed by atoms with Crippen LogP contribution in [0.5, 0.6) is 5.75 Å². The highest BCUT2D eigenvalue weighted by molar-refractivity contribution is 9.10. The van der Waals surface area contributed by atoms with Crippen LogP contribution in [0.3, 0.4) is 0 Å². The van der Waals surface area contributed by atoms with Crippen LogP contribution in [0.1, 0.15) is 5.69 Å². The van der Waals surface area contributed by atoms with Gasteiger partial charge in [-0.25, -0.2) is 0 Å². The molecule has 0 atom stereocenters. The summed E-state index contributed by atoms with van der Waals surface area (Å²) in [5.74, 6) is 0.845. The lowest BCUT2D eigenvalue weighted by Gasteiger charge is -2.09. The fraction of sp³-hybridized carbons (Fsp3) is 0.167. The summed E-state index contributed by atoms with van der Waals surface area (Å²) in [5, 5.41) is 3.33. The van der Waals surface area contributed by atoms with Gasteiger partial charge in [0, 0.05) is 22.4 Å². The number of H-pyrrole nitrogens is 1. The van der Waals surface area contributed by atoms with Crippen LogP contribution in [0.15, 0.2) is 41.0 Å². The van der Waals surface area contributed by atoms with Gasteiger partial charge >= 0.3 is 0 Å². The molecule has 0 saturated heterocycles. The van der Waals surface area contributed by atoms with Gasteiger partial charge in [-0.1, -0.05) is 0 Å². The van der Waals surface area contributed by atoms with E-state index in [0.717, 1.165) is 28.1 Å². The fourth-order valence-electron chi connectivity index (χ4n) is 1.43. The predicted octanol–water partition coefficient (Wildman–Crippen LogP) is 3.40. The molecule has 0 radical (unpaired) electrons. The average molecular weight is 281 g/mol. The molecular formula is C12H13BrN2O. The first-order chi connectivity index (χ1) is 7.79. The van der Waals surface area contributed by atoms with Crippen molar-refractivity contribution in [3.05, 3.63) is 46.7 Å².